The number of hydrogen-bond acceptors (Lipinski definition) is 3. The summed E-state index contributed by atoms with van der Waals surface area (Å²) < 4.78 is 19.5. The Kier molecular flexibility index (Phi) is 4.47. The number of likely N-dealkylation sites (tertiary alicyclic amines) is 1. The van der Waals surface area contributed by atoms with Gasteiger partial charge in [-0.1, -0.05) is 0 Å². The van der Waals surface area contributed by atoms with Gasteiger partial charge in [0.15, 0.2) is 11.6 Å². The van der Waals surface area contributed by atoms with E-state index in [9.17, 15) is 9.18 Å². The Bertz CT molecular complexity index is 548. The summed E-state index contributed by atoms with van der Waals surface area (Å²) in [5.41, 5.74) is 0.413. The minimum Gasteiger partial charge on any atom is -0.487 e. The molecule has 1 unspecified atom stereocenters. The van der Waals surface area contributed by atoms with E-state index in [1.807, 2.05) is 0 Å². The lowest BCUT2D eigenvalue weighted by molar-refractivity contribution is 0.115. The molecule has 1 aromatic rings. The van der Waals surface area contributed by atoms with Crippen LogP contribution in [0.5, 0.6) is 5.75 Å². The third kappa shape index (κ3) is 3.32. The number of nitrogens with one attached hydrogen (secondary N) is 1. The first-order chi connectivity index (χ1) is 10.7. The second-order valence-electron chi connectivity index (χ2n) is 6.03. The maximum atomic E-state index is 14.0. The summed E-state index contributed by atoms with van der Waals surface area (Å²) in [6.07, 6.45) is 3.99. The van der Waals surface area contributed by atoms with Gasteiger partial charge in [0.2, 0.25) is 0 Å². The van der Waals surface area contributed by atoms with E-state index in [-0.39, 0.29) is 30.4 Å². The maximum Gasteiger partial charge on any atom is 0.321 e. The molecule has 2 amide bonds. The predicted molar refractivity (Wildman–Crippen MR) is 80.5 cm³/mol. The van der Waals surface area contributed by atoms with Gasteiger partial charge in [-0.25, -0.2) is 9.18 Å². The number of nitrogens with zero attached hydrogens (tertiary/aromatic N) is 1. The van der Waals surface area contributed by atoms with Crippen molar-refractivity contribution in [1.29, 1.82) is 0 Å². The van der Waals surface area contributed by atoms with E-state index >= 15 is 0 Å². The molecule has 1 atom stereocenters. The predicted octanol–water partition coefficient (Wildman–Crippen LogP) is 2.60. The van der Waals surface area contributed by atoms with Gasteiger partial charge in [0.1, 0.15) is 0 Å². The fraction of sp³-hybridized carbons (Fsp3) is 0.562. The maximum absolute atomic E-state index is 14.0. The van der Waals surface area contributed by atoms with Gasteiger partial charge in [-0.3, -0.25) is 0 Å². The number of aliphatic hydroxyl groups excluding tert-OH is 1. The van der Waals surface area contributed by atoms with Gasteiger partial charge in [0, 0.05) is 37.4 Å². The Hall–Kier alpha value is -1.82. The summed E-state index contributed by atoms with van der Waals surface area (Å²) in [4.78, 5) is 13.7. The quantitative estimate of drug-likeness (QED) is 0.899. The molecule has 6 heteroatoms. The lowest BCUT2D eigenvalue weighted by Crippen LogP contribution is -2.33. The third-order valence-electron chi connectivity index (χ3n) is 4.36. The summed E-state index contributed by atoms with van der Waals surface area (Å²) in [6, 6.07) is 4.23. The smallest absolute Gasteiger partial charge is 0.321 e. The highest BCUT2D eigenvalue weighted by atomic mass is 19.1. The largest absolute Gasteiger partial charge is 0.487 e. The van der Waals surface area contributed by atoms with Crippen LogP contribution in [0.25, 0.3) is 0 Å². The SMILES string of the molecule is O=C(Nc1ccc(OC2CCC2)c(F)c1)N1CCC(CO)C1. The second-order valence-corrected chi connectivity index (χ2v) is 6.03. The number of anilines is 1. The monoisotopic (exact) mass is 308 g/mol. The molecule has 1 aliphatic carbocycles. The van der Waals surface area contributed by atoms with Gasteiger partial charge in [0.25, 0.3) is 0 Å². The Morgan fingerprint density at radius 2 is 2.23 bits per heavy atom. The number of benzene rings is 1. The zero-order chi connectivity index (χ0) is 15.5. The lowest BCUT2D eigenvalue weighted by Gasteiger charge is -2.26. The molecule has 5 nitrogen and oxygen atoms in total. The fourth-order valence-corrected chi connectivity index (χ4v) is 2.71. The molecule has 1 aromatic carbocycles. The molecule has 22 heavy (non-hydrogen) atoms. The number of carbonyl (C=O) groups is 1. The summed E-state index contributed by atoms with van der Waals surface area (Å²) >= 11 is 0. The van der Waals surface area contributed by atoms with E-state index in [4.69, 9.17) is 9.84 Å². The van der Waals surface area contributed by atoms with Crippen LogP contribution in [-0.4, -0.2) is 41.8 Å². The average Bonchev–Trinajstić information content (AvgIpc) is 2.93. The fourth-order valence-electron chi connectivity index (χ4n) is 2.71. The number of ether oxygens (including phenoxy) is 1. The van der Waals surface area contributed by atoms with Crippen molar-refractivity contribution in [1.82, 2.24) is 4.90 Å². The van der Waals surface area contributed by atoms with Crippen molar-refractivity contribution in [3.8, 4) is 5.75 Å². The van der Waals surface area contributed by atoms with Gasteiger partial charge in [-0.05, 0) is 37.8 Å². The van der Waals surface area contributed by atoms with Gasteiger partial charge >= 0.3 is 6.03 Å². The Morgan fingerprint density at radius 1 is 1.41 bits per heavy atom. The van der Waals surface area contributed by atoms with E-state index in [1.165, 1.54) is 6.07 Å². The summed E-state index contributed by atoms with van der Waals surface area (Å²) in [5.74, 6) is -0.0793. The first-order valence-electron chi connectivity index (χ1n) is 7.78. The molecular formula is C16H21FN2O3. The van der Waals surface area contributed by atoms with E-state index in [0.717, 1.165) is 25.7 Å². The van der Waals surface area contributed by atoms with Gasteiger partial charge in [-0.15, -0.1) is 0 Å². The zero-order valence-electron chi connectivity index (χ0n) is 12.4. The molecule has 2 N–H and O–H groups in total. The number of hydrogen-bond donors (Lipinski definition) is 2. The molecule has 0 aromatic heterocycles. The highest BCUT2D eigenvalue weighted by Gasteiger charge is 2.26. The van der Waals surface area contributed by atoms with Crippen LogP contribution >= 0.6 is 0 Å². The van der Waals surface area contributed by atoms with Crippen LogP contribution in [-0.2, 0) is 0 Å². The molecule has 3 rings (SSSR count). The molecule has 1 saturated heterocycles. The summed E-state index contributed by atoms with van der Waals surface area (Å²) in [7, 11) is 0. The van der Waals surface area contributed by atoms with Crippen molar-refractivity contribution in [2.45, 2.75) is 31.8 Å². The molecule has 2 fully saturated rings. The van der Waals surface area contributed by atoms with Gasteiger partial charge in [-0.2, -0.15) is 0 Å². The Balaban J connectivity index is 1.58. The lowest BCUT2D eigenvalue weighted by atomic mass is 9.96. The average molecular weight is 308 g/mol. The van der Waals surface area contributed by atoms with Crippen molar-refractivity contribution in [3.05, 3.63) is 24.0 Å². The molecule has 0 bridgehead atoms. The van der Waals surface area contributed by atoms with E-state index in [2.05, 4.69) is 5.32 Å². The third-order valence-corrected chi connectivity index (χ3v) is 4.36. The summed E-state index contributed by atoms with van der Waals surface area (Å²) in [6.45, 7) is 1.24. The number of amides is 2. The van der Waals surface area contributed by atoms with Gasteiger partial charge in [0.05, 0.1) is 6.10 Å². The molecule has 1 saturated carbocycles. The Labute approximate surface area is 129 Å². The molecular weight excluding hydrogens is 287 g/mol. The first-order valence-corrected chi connectivity index (χ1v) is 7.78. The highest BCUT2D eigenvalue weighted by Crippen LogP contribution is 2.28. The van der Waals surface area contributed by atoms with E-state index in [0.29, 0.717) is 18.8 Å². The summed E-state index contributed by atoms with van der Waals surface area (Å²) in [5, 5.41) is 11.8. The molecule has 0 radical (unpaired) electrons. The van der Waals surface area contributed by atoms with E-state index < -0.39 is 5.82 Å². The topological polar surface area (TPSA) is 61.8 Å². The number of carbonyl (C=O) groups excluding carboxylic acids is 1. The van der Waals surface area contributed by atoms with Gasteiger partial charge < -0.3 is 20.1 Å². The number of halogens is 1. The number of urea groups is 1. The minimum atomic E-state index is -0.459. The van der Waals surface area contributed by atoms with Crippen LogP contribution in [0.1, 0.15) is 25.7 Å². The molecule has 2 aliphatic rings. The number of rotatable bonds is 4. The molecule has 120 valence electrons. The number of aliphatic hydroxyl groups is 1. The molecule has 1 heterocycles. The standard InChI is InChI=1S/C16H21FN2O3/c17-14-8-12(4-5-15(14)22-13-2-1-3-13)18-16(21)19-7-6-11(9-19)10-20/h4-5,8,11,13,20H,1-3,6-7,9-10H2,(H,18,21). The van der Waals surface area contributed by atoms with Crippen LogP contribution < -0.4 is 10.1 Å². The van der Waals surface area contributed by atoms with Crippen LogP contribution in [0, 0.1) is 11.7 Å². The molecule has 0 spiro atoms. The van der Waals surface area contributed by atoms with Crippen LogP contribution in [0.15, 0.2) is 18.2 Å². The minimum absolute atomic E-state index is 0.0889. The van der Waals surface area contributed by atoms with E-state index in [1.54, 1.807) is 17.0 Å². The highest BCUT2D eigenvalue weighted by molar-refractivity contribution is 5.89. The van der Waals surface area contributed by atoms with Crippen molar-refractivity contribution in [2.24, 2.45) is 5.92 Å². The molecule has 1 aliphatic heterocycles. The van der Waals surface area contributed by atoms with Crippen LogP contribution in [0.4, 0.5) is 14.9 Å². The zero-order valence-corrected chi connectivity index (χ0v) is 12.4. The van der Waals surface area contributed by atoms with Crippen molar-refractivity contribution >= 4 is 11.7 Å². The normalized spacial score (nSPS) is 21.5. The van der Waals surface area contributed by atoms with Crippen molar-refractivity contribution in [2.75, 3.05) is 25.0 Å². The first kappa shape index (κ1) is 15.1. The van der Waals surface area contributed by atoms with Crippen molar-refractivity contribution in [3.63, 3.8) is 0 Å². The second kappa shape index (κ2) is 6.52. The Morgan fingerprint density at radius 3 is 2.82 bits per heavy atom. The van der Waals surface area contributed by atoms with Crippen LogP contribution in [0.2, 0.25) is 0 Å². The van der Waals surface area contributed by atoms with Crippen molar-refractivity contribution < 1.29 is 19.0 Å². The van der Waals surface area contributed by atoms with Crippen LogP contribution in [0.3, 0.4) is 0 Å².